The number of ether oxygens (including phenoxy) is 1. The van der Waals surface area contributed by atoms with Gasteiger partial charge in [0.05, 0.1) is 16.9 Å². The fourth-order valence-electron chi connectivity index (χ4n) is 3.43. The van der Waals surface area contributed by atoms with E-state index in [1.54, 1.807) is 40.7 Å². The van der Waals surface area contributed by atoms with Crippen LogP contribution in [-0.4, -0.2) is 47.9 Å². The summed E-state index contributed by atoms with van der Waals surface area (Å²) in [6, 6.07) is 12.9. The van der Waals surface area contributed by atoms with Crippen LogP contribution >= 0.6 is 0 Å². The zero-order valence-electron chi connectivity index (χ0n) is 17.1. The fourth-order valence-corrected chi connectivity index (χ4v) is 5.98. The van der Waals surface area contributed by atoms with Crippen LogP contribution in [0.1, 0.15) is 31.2 Å². The van der Waals surface area contributed by atoms with Crippen molar-refractivity contribution >= 4 is 20.0 Å². The predicted octanol–water partition coefficient (Wildman–Crippen LogP) is 2.78. The van der Waals surface area contributed by atoms with Gasteiger partial charge in [0.15, 0.2) is 0 Å². The van der Waals surface area contributed by atoms with Crippen molar-refractivity contribution in [3.63, 3.8) is 0 Å². The van der Waals surface area contributed by atoms with Crippen LogP contribution in [0.2, 0.25) is 0 Å². The van der Waals surface area contributed by atoms with Gasteiger partial charge in [-0.1, -0.05) is 25.0 Å². The highest BCUT2D eigenvalue weighted by Gasteiger charge is 2.24. The lowest BCUT2D eigenvalue weighted by atomic mass is 10.2. The van der Waals surface area contributed by atoms with Gasteiger partial charge in [0, 0.05) is 19.6 Å². The first-order chi connectivity index (χ1) is 14.3. The molecule has 0 spiro atoms. The van der Waals surface area contributed by atoms with Gasteiger partial charge in [0.1, 0.15) is 5.75 Å². The number of benzene rings is 2. The Labute approximate surface area is 179 Å². The second kappa shape index (κ2) is 9.91. The molecule has 1 aliphatic heterocycles. The average Bonchev–Trinajstić information content (AvgIpc) is 3.04. The lowest BCUT2D eigenvalue weighted by molar-refractivity contribution is 0.414. The molecule has 1 N–H and O–H groups in total. The van der Waals surface area contributed by atoms with Crippen LogP contribution in [0.15, 0.2) is 58.3 Å². The van der Waals surface area contributed by atoms with Gasteiger partial charge in [-0.05, 0) is 61.2 Å². The quantitative estimate of drug-likeness (QED) is 0.665. The number of methoxy groups -OCH3 is 1. The van der Waals surface area contributed by atoms with E-state index in [-0.39, 0.29) is 16.3 Å². The fraction of sp³-hybridized carbons (Fsp3) is 0.429. The number of sulfonamides is 2. The minimum absolute atomic E-state index is 0.169. The van der Waals surface area contributed by atoms with Crippen molar-refractivity contribution in [3.05, 3.63) is 54.1 Å². The van der Waals surface area contributed by atoms with E-state index in [0.717, 1.165) is 31.2 Å². The minimum Gasteiger partial charge on any atom is -0.497 e. The first-order valence-corrected chi connectivity index (χ1v) is 13.0. The van der Waals surface area contributed by atoms with Gasteiger partial charge in [0.25, 0.3) is 0 Å². The summed E-state index contributed by atoms with van der Waals surface area (Å²) in [5.74, 6) is 0.587. The lowest BCUT2D eigenvalue weighted by Crippen LogP contribution is -2.31. The van der Waals surface area contributed by atoms with Crippen molar-refractivity contribution in [2.75, 3.05) is 26.7 Å². The predicted molar refractivity (Wildman–Crippen MR) is 116 cm³/mol. The first-order valence-electron chi connectivity index (χ1n) is 10.1. The van der Waals surface area contributed by atoms with Crippen molar-refractivity contribution < 1.29 is 21.6 Å². The molecule has 0 saturated carbocycles. The molecule has 0 aliphatic carbocycles. The van der Waals surface area contributed by atoms with Crippen LogP contribution < -0.4 is 9.46 Å². The Balaban J connectivity index is 1.59. The van der Waals surface area contributed by atoms with E-state index in [1.807, 2.05) is 0 Å². The number of rotatable bonds is 8. The van der Waals surface area contributed by atoms with Crippen molar-refractivity contribution in [2.24, 2.45) is 0 Å². The maximum Gasteiger partial charge on any atom is 0.243 e. The van der Waals surface area contributed by atoms with Crippen molar-refractivity contribution in [1.82, 2.24) is 9.03 Å². The SMILES string of the molecule is COc1ccc(S(=O)(=O)NCCc2ccc(S(=O)(=O)N3CCCCCC3)cc2)cc1. The number of hydrogen-bond acceptors (Lipinski definition) is 5. The van der Waals surface area contributed by atoms with Gasteiger partial charge in [-0.3, -0.25) is 0 Å². The number of nitrogens with one attached hydrogen (secondary N) is 1. The normalized spacial score (nSPS) is 16.2. The number of hydrogen-bond donors (Lipinski definition) is 1. The maximum absolute atomic E-state index is 12.8. The first kappa shape index (κ1) is 22.7. The lowest BCUT2D eigenvalue weighted by Gasteiger charge is -2.20. The highest BCUT2D eigenvalue weighted by molar-refractivity contribution is 7.89. The van der Waals surface area contributed by atoms with E-state index in [1.165, 1.54) is 19.2 Å². The maximum atomic E-state index is 12.8. The molecule has 2 aromatic carbocycles. The topological polar surface area (TPSA) is 92.8 Å². The highest BCUT2D eigenvalue weighted by atomic mass is 32.2. The van der Waals surface area contributed by atoms with Crippen molar-refractivity contribution in [2.45, 2.75) is 41.9 Å². The molecular weight excluding hydrogens is 424 g/mol. The molecule has 0 bridgehead atoms. The zero-order valence-corrected chi connectivity index (χ0v) is 18.7. The molecule has 1 heterocycles. The second-order valence-corrected chi connectivity index (χ2v) is 11.0. The zero-order chi connectivity index (χ0) is 21.6. The molecule has 3 rings (SSSR count). The second-order valence-electron chi connectivity index (χ2n) is 7.29. The number of nitrogens with zero attached hydrogens (tertiary/aromatic N) is 1. The van der Waals surface area contributed by atoms with E-state index < -0.39 is 20.0 Å². The van der Waals surface area contributed by atoms with Gasteiger partial charge in [-0.25, -0.2) is 21.6 Å². The third-order valence-corrected chi connectivity index (χ3v) is 8.59. The minimum atomic E-state index is -3.61. The Morgan fingerprint density at radius 2 is 1.40 bits per heavy atom. The Bertz CT molecular complexity index is 1030. The van der Waals surface area contributed by atoms with Crippen LogP contribution in [-0.2, 0) is 26.5 Å². The standard InChI is InChI=1S/C21H28N2O5S2/c1-28-19-8-12-20(13-9-19)29(24,25)22-15-14-18-6-10-21(11-7-18)30(26,27)23-16-4-2-3-5-17-23/h6-13,22H,2-5,14-17H2,1H3. The highest BCUT2D eigenvalue weighted by Crippen LogP contribution is 2.21. The van der Waals surface area contributed by atoms with Gasteiger partial charge in [-0.15, -0.1) is 0 Å². The summed E-state index contributed by atoms with van der Waals surface area (Å²) in [6.07, 6.45) is 4.38. The summed E-state index contributed by atoms with van der Waals surface area (Å²) in [4.78, 5) is 0.453. The Morgan fingerprint density at radius 1 is 0.833 bits per heavy atom. The van der Waals surface area contributed by atoms with Crippen LogP contribution in [0, 0.1) is 0 Å². The average molecular weight is 453 g/mol. The van der Waals surface area contributed by atoms with E-state index in [9.17, 15) is 16.8 Å². The van der Waals surface area contributed by atoms with Gasteiger partial charge in [0.2, 0.25) is 20.0 Å². The largest absolute Gasteiger partial charge is 0.497 e. The smallest absolute Gasteiger partial charge is 0.243 e. The van der Waals surface area contributed by atoms with Crippen LogP contribution in [0.5, 0.6) is 5.75 Å². The van der Waals surface area contributed by atoms with Crippen LogP contribution in [0.25, 0.3) is 0 Å². The van der Waals surface area contributed by atoms with E-state index >= 15 is 0 Å². The van der Waals surface area contributed by atoms with E-state index in [2.05, 4.69) is 4.72 Å². The molecule has 0 atom stereocenters. The summed E-state index contributed by atoms with van der Waals surface area (Å²) in [5.41, 5.74) is 0.863. The monoisotopic (exact) mass is 452 g/mol. The molecule has 1 saturated heterocycles. The summed E-state index contributed by atoms with van der Waals surface area (Å²) in [6.45, 7) is 1.35. The molecule has 7 nitrogen and oxygen atoms in total. The summed E-state index contributed by atoms with van der Waals surface area (Å²) < 4.78 is 59.6. The molecule has 2 aromatic rings. The third kappa shape index (κ3) is 5.60. The van der Waals surface area contributed by atoms with Crippen molar-refractivity contribution in [1.29, 1.82) is 0 Å². The molecule has 0 aromatic heterocycles. The van der Waals surface area contributed by atoms with Crippen molar-refractivity contribution in [3.8, 4) is 5.75 Å². The summed E-state index contributed by atoms with van der Waals surface area (Å²) in [5, 5.41) is 0. The third-order valence-electron chi connectivity index (χ3n) is 5.20. The van der Waals surface area contributed by atoms with Gasteiger partial charge >= 0.3 is 0 Å². The molecule has 1 aliphatic rings. The molecule has 164 valence electrons. The molecule has 30 heavy (non-hydrogen) atoms. The Morgan fingerprint density at radius 3 is 1.97 bits per heavy atom. The van der Waals surface area contributed by atoms with Crippen LogP contribution in [0.3, 0.4) is 0 Å². The molecule has 0 amide bonds. The Hall–Kier alpha value is -1.94. The molecule has 9 heteroatoms. The van der Waals surface area contributed by atoms with Crippen LogP contribution in [0.4, 0.5) is 0 Å². The van der Waals surface area contributed by atoms with E-state index in [4.69, 9.17) is 4.74 Å². The summed E-state index contributed by atoms with van der Waals surface area (Å²) >= 11 is 0. The molecule has 1 fully saturated rings. The van der Waals surface area contributed by atoms with E-state index in [0.29, 0.717) is 25.3 Å². The summed E-state index contributed by atoms with van der Waals surface area (Å²) in [7, 11) is -5.57. The van der Waals surface area contributed by atoms with Gasteiger partial charge in [-0.2, -0.15) is 4.31 Å². The molecule has 0 unspecified atom stereocenters. The molecular formula is C21H28N2O5S2. The van der Waals surface area contributed by atoms with Gasteiger partial charge < -0.3 is 4.74 Å². The molecule has 0 radical (unpaired) electrons. The Kier molecular flexibility index (Phi) is 7.51.